The maximum Gasteiger partial charge on any atom is 0.272 e. The van der Waals surface area contributed by atoms with E-state index in [1.54, 1.807) is 5.32 Å². The van der Waals surface area contributed by atoms with E-state index in [2.05, 4.69) is 0 Å². The Hall–Kier alpha value is -3.29. The average molecular weight is 489 g/mol. The molecule has 0 aromatic heterocycles. The molecule has 2 aliphatic heterocycles. The fourth-order valence-electron chi connectivity index (χ4n) is 1.89. The molecule has 3 N–H and O–H groups in total. The van der Waals surface area contributed by atoms with Gasteiger partial charge in [-0.2, -0.15) is 0 Å². The zero-order valence-electron chi connectivity index (χ0n) is 34.0. The Balaban J connectivity index is 0.000000287. The SMILES string of the molecule is O=[N+]([O-])c1ccc(F)c(F)c1.[2H]C1([2H])NC([2H])([2H])C([2H])([2H])N(c2ccc([N+](=O)[O-])cc2F)C1([2H])[2H].[2H]N1C([2H])([2H])C([2H])([2H])N([2H])C([2H])([2H])C1([2H])[2H]. The van der Waals surface area contributed by atoms with Crippen LogP contribution in [0.5, 0.6) is 0 Å². The number of non-ortho nitro benzene ring substituents is 2. The van der Waals surface area contributed by atoms with Crippen LogP contribution in [0.15, 0.2) is 36.4 Å². The third-order valence-corrected chi connectivity index (χ3v) is 3.28. The van der Waals surface area contributed by atoms with E-state index in [4.69, 9.17) is 24.8 Å². The molecule has 2 saturated heterocycles. The molecule has 13 heteroatoms. The molecular weight excluding hydrogens is 445 g/mol. The minimum absolute atomic E-state index is 0.0183. The van der Waals surface area contributed by atoms with E-state index < -0.39 is 107 Å². The van der Waals surface area contributed by atoms with Crippen LogP contribution in [0.4, 0.5) is 30.2 Å². The summed E-state index contributed by atoms with van der Waals surface area (Å²) in [5.74, 6) is -3.68. The topological polar surface area (TPSA) is 126 Å². The monoisotopic (exact) mass is 488 g/mol. The van der Waals surface area contributed by atoms with Gasteiger partial charge < -0.3 is 20.8 Å². The van der Waals surface area contributed by atoms with Crippen molar-refractivity contribution in [1.82, 2.24) is 15.9 Å². The van der Waals surface area contributed by atoms with Gasteiger partial charge in [0.15, 0.2) is 17.5 Å². The summed E-state index contributed by atoms with van der Waals surface area (Å²) in [6.07, 6.45) is 0. The third-order valence-electron chi connectivity index (χ3n) is 3.28. The minimum Gasteiger partial charge on any atom is -0.367 e. The number of hydrogen-bond donors (Lipinski definition) is 3. The molecule has 10 nitrogen and oxygen atoms in total. The lowest BCUT2D eigenvalue weighted by molar-refractivity contribution is -0.385. The van der Waals surface area contributed by atoms with Crippen LogP contribution in [-0.4, -0.2) is 61.8 Å². The molecule has 0 saturated carbocycles. The van der Waals surface area contributed by atoms with E-state index in [1.165, 1.54) is 0 Å². The van der Waals surface area contributed by atoms with Crippen LogP contribution in [-0.2, 0) is 0 Å². The van der Waals surface area contributed by atoms with Crippen LogP contribution >= 0.6 is 0 Å². The van der Waals surface area contributed by atoms with Gasteiger partial charge in [-0.3, -0.25) is 20.2 Å². The first-order valence-corrected chi connectivity index (χ1v) is 8.29. The van der Waals surface area contributed by atoms with Gasteiger partial charge in [0.2, 0.25) is 0 Å². The van der Waals surface area contributed by atoms with Crippen molar-refractivity contribution in [2.24, 2.45) is 0 Å². The molecule has 0 bridgehead atoms. The molecule has 0 amide bonds. The van der Waals surface area contributed by atoms with Crippen LogP contribution in [0, 0.1) is 37.7 Å². The van der Waals surface area contributed by atoms with Crippen LogP contribution in [0.2, 0.25) is 2.82 Å². The number of nitro groups is 2. The highest BCUT2D eigenvalue weighted by molar-refractivity contribution is 5.52. The Morgan fingerprint density at radius 2 is 1.27 bits per heavy atom. The van der Waals surface area contributed by atoms with E-state index in [9.17, 15) is 33.4 Å². The number of nitrogens with zero attached hydrogens (tertiary/aromatic N) is 3. The number of piperazine rings is 2. The Labute approximate surface area is 213 Å². The molecule has 0 atom stereocenters. The molecule has 2 heterocycles. The molecule has 2 aromatic carbocycles. The summed E-state index contributed by atoms with van der Waals surface area (Å²) in [5, 5.41) is 21.4. The number of hydrogen-bond acceptors (Lipinski definition) is 8. The summed E-state index contributed by atoms with van der Waals surface area (Å²) in [7, 11) is 0. The van der Waals surface area contributed by atoms with Gasteiger partial charge in [-0.25, -0.2) is 13.2 Å². The fourth-order valence-corrected chi connectivity index (χ4v) is 1.89. The second-order valence-corrected chi connectivity index (χ2v) is 5.35. The predicted octanol–water partition coefficient (Wildman–Crippen LogP) is 2.20. The van der Waals surface area contributed by atoms with Gasteiger partial charge in [-0.15, -0.1) is 0 Å². The average Bonchev–Trinajstić information content (AvgIpc) is 2.96. The lowest BCUT2D eigenvalue weighted by Crippen LogP contribution is -2.43. The molecule has 0 spiro atoms. The van der Waals surface area contributed by atoms with Gasteiger partial charge in [-0.1, -0.05) is 0 Å². The van der Waals surface area contributed by atoms with Crippen LogP contribution in [0.3, 0.4) is 0 Å². The molecule has 180 valence electrons. The lowest BCUT2D eigenvalue weighted by atomic mass is 10.2. The summed E-state index contributed by atoms with van der Waals surface area (Å²) in [6, 6.07) is 4.08. The summed E-state index contributed by atoms with van der Waals surface area (Å²) in [4.78, 5) is 18.9. The molecule has 0 radical (unpaired) electrons. The van der Waals surface area contributed by atoms with E-state index in [0.29, 0.717) is 24.3 Å². The lowest BCUT2D eigenvalue weighted by Gasteiger charge is -2.29. The van der Waals surface area contributed by atoms with E-state index in [0.717, 1.165) is 12.1 Å². The van der Waals surface area contributed by atoms with Crippen molar-refractivity contribution in [3.8, 4) is 0 Å². The number of anilines is 1. The Morgan fingerprint density at radius 1 is 0.788 bits per heavy atom. The fraction of sp³-hybridized carbons (Fsp3) is 0.400. The van der Waals surface area contributed by atoms with E-state index >= 15 is 0 Å². The van der Waals surface area contributed by atoms with Crippen LogP contribution < -0.4 is 20.8 Å². The second kappa shape index (κ2) is 13.3. The number of halogens is 3. The quantitative estimate of drug-likeness (QED) is 0.444. The standard InChI is InChI=1S/C10H12FN3O2.C6H3F2NO2.C4H10N2/c11-9-7-8(14(15)16)1-2-10(9)13-5-3-12-4-6-13;7-5-2-1-4(9(10)11)3-6(5)8;1-2-6-4-3-5-1/h1-2,7,12H,3-6H2;1-3H;5-6H,1-4H2/i3D2,4D2,5D2,6D2;;1D2,2D2,3D2,4D2/hD2. The maximum absolute atomic E-state index is 14.2. The third kappa shape index (κ3) is 8.63. The van der Waals surface area contributed by atoms with Crippen molar-refractivity contribution in [2.45, 2.75) is 0 Å². The highest BCUT2D eigenvalue weighted by Crippen LogP contribution is 2.24. The molecule has 0 unspecified atom stereocenters. The van der Waals surface area contributed by atoms with Crippen molar-refractivity contribution < 1.29 is 47.8 Å². The van der Waals surface area contributed by atoms with E-state index in [-0.39, 0.29) is 4.90 Å². The highest BCUT2D eigenvalue weighted by Gasteiger charge is 2.17. The van der Waals surface area contributed by atoms with Gasteiger partial charge in [-0.05, 0) is 12.1 Å². The van der Waals surface area contributed by atoms with Crippen LogP contribution in [0.25, 0.3) is 0 Å². The Kier molecular flexibility index (Phi) is 4.16. The Bertz CT molecular complexity index is 1590. The highest BCUT2D eigenvalue weighted by atomic mass is 19.2. The number of nitro benzene ring substituents is 2. The first kappa shape index (κ1) is 10.3. The normalized spacial score (nSPS) is 36.9. The maximum atomic E-state index is 14.2. The van der Waals surface area contributed by atoms with Crippen molar-refractivity contribution in [3.05, 3.63) is 74.1 Å². The van der Waals surface area contributed by atoms with Crippen molar-refractivity contribution in [1.29, 1.82) is 0 Å². The van der Waals surface area contributed by atoms with Crippen LogP contribution in [0.1, 0.15) is 21.9 Å². The summed E-state index contributed by atoms with van der Waals surface area (Å²) in [5.41, 5.74) is -1.97. The number of nitrogens with one attached hydrogen (secondary N) is 3. The molecule has 2 fully saturated rings. The Morgan fingerprint density at radius 3 is 1.73 bits per heavy atom. The first-order chi connectivity index (χ1) is 22.6. The summed E-state index contributed by atoms with van der Waals surface area (Å²) < 4.78 is 173. The number of benzene rings is 2. The van der Waals surface area contributed by atoms with Gasteiger partial charge in [0, 0.05) is 80.6 Å². The molecule has 0 aliphatic carbocycles. The largest absolute Gasteiger partial charge is 0.367 e. The van der Waals surface area contributed by atoms with Gasteiger partial charge in [0.05, 0.1) is 33.1 Å². The smallest absolute Gasteiger partial charge is 0.272 e. The summed E-state index contributed by atoms with van der Waals surface area (Å²) in [6.45, 7) is -25.2. The molecule has 2 aliphatic rings. The molecule has 4 rings (SSSR count). The van der Waals surface area contributed by atoms with Gasteiger partial charge in [0.25, 0.3) is 11.4 Å². The first-order valence-electron chi connectivity index (χ1n) is 17.2. The van der Waals surface area contributed by atoms with Crippen molar-refractivity contribution in [2.75, 3.05) is 56.9 Å². The molecule has 2 aromatic rings. The molecule has 33 heavy (non-hydrogen) atoms. The second-order valence-electron chi connectivity index (χ2n) is 5.35. The van der Waals surface area contributed by atoms with Crippen molar-refractivity contribution >= 4 is 17.1 Å². The van der Waals surface area contributed by atoms with Crippen molar-refractivity contribution in [3.63, 3.8) is 0 Å². The number of rotatable bonds is 3. The zero-order chi connectivity index (χ0) is 40.3. The zero-order valence-corrected chi connectivity index (χ0v) is 16.0. The van der Waals surface area contributed by atoms with Gasteiger partial charge >= 0.3 is 0 Å². The van der Waals surface area contributed by atoms with Gasteiger partial charge in [0.1, 0.15) is 2.82 Å². The molecular formula is C20H25F3N6O4. The van der Waals surface area contributed by atoms with E-state index in [1.807, 2.05) is 0 Å². The summed E-state index contributed by atoms with van der Waals surface area (Å²) >= 11 is 0. The predicted molar refractivity (Wildman–Crippen MR) is 117 cm³/mol. The minimum atomic E-state index is -3.21.